The molecule has 1 aliphatic heterocycles. The van der Waals surface area contributed by atoms with Gasteiger partial charge in [-0.05, 0) is 51.5 Å². The topological polar surface area (TPSA) is 74.5 Å². The Morgan fingerprint density at radius 1 is 1.23 bits per heavy atom. The Hall–Kier alpha value is -1.83. The molecule has 0 bridgehead atoms. The van der Waals surface area contributed by atoms with Crippen molar-refractivity contribution in [2.75, 3.05) is 31.1 Å². The molecule has 1 saturated carbocycles. The van der Waals surface area contributed by atoms with E-state index in [4.69, 9.17) is 27.6 Å². The summed E-state index contributed by atoms with van der Waals surface area (Å²) in [5, 5.41) is 4.17. The Labute approximate surface area is 193 Å². The van der Waals surface area contributed by atoms with Gasteiger partial charge >= 0.3 is 5.91 Å². The van der Waals surface area contributed by atoms with Crippen molar-refractivity contribution < 1.29 is 9.21 Å². The molecular formula is C22H29Cl2N5O2. The molecule has 0 spiro atoms. The number of amides is 1. The van der Waals surface area contributed by atoms with E-state index in [1.165, 1.54) is 18.9 Å². The lowest BCUT2D eigenvalue weighted by molar-refractivity contribution is 0.0884. The lowest BCUT2D eigenvalue weighted by Crippen LogP contribution is -2.52. The number of nitrogens with zero attached hydrogens (tertiary/aromatic N) is 4. The third-order valence-electron chi connectivity index (χ3n) is 6.48. The van der Waals surface area contributed by atoms with Gasteiger partial charge in [0.2, 0.25) is 0 Å². The Balaban J connectivity index is 1.19. The van der Waals surface area contributed by atoms with E-state index >= 15 is 0 Å². The van der Waals surface area contributed by atoms with Crippen LogP contribution in [-0.2, 0) is 0 Å². The molecule has 1 aliphatic carbocycles. The average molecular weight is 466 g/mol. The highest BCUT2D eigenvalue weighted by Crippen LogP contribution is 2.31. The smallest absolute Gasteiger partial charge is 0.307 e. The molecule has 2 fully saturated rings. The highest BCUT2D eigenvalue weighted by molar-refractivity contribution is 6.34. The summed E-state index contributed by atoms with van der Waals surface area (Å²) in [7, 11) is 0. The van der Waals surface area contributed by atoms with Crippen molar-refractivity contribution in [1.82, 2.24) is 20.2 Å². The van der Waals surface area contributed by atoms with Crippen molar-refractivity contribution in [3.63, 3.8) is 0 Å². The van der Waals surface area contributed by atoms with Gasteiger partial charge in [-0.25, -0.2) is 9.97 Å². The molecule has 1 N–H and O–H groups in total. The van der Waals surface area contributed by atoms with Gasteiger partial charge in [0.1, 0.15) is 11.4 Å². The number of carbonyl (C=O) groups is 1. The summed E-state index contributed by atoms with van der Waals surface area (Å²) in [5.41, 5.74) is 0.971. The number of halogens is 2. The molecule has 2 aromatic heterocycles. The standard InChI is InChI=1S/C22H29Cl2N5O2/c1-15-14-28(9-10-29(15)19-12-20(24)26-13-18(19)23)8-6-16-2-4-17(5-3-16)27-21(30)22-25-7-11-31-22/h7,11-13,15-17H,2-6,8-10,14H2,1H3,(H,27,30)/t15-,16?,17?/m1/s1. The van der Waals surface area contributed by atoms with Gasteiger partial charge in [0.25, 0.3) is 5.89 Å². The first-order chi connectivity index (χ1) is 15.0. The molecule has 1 amide bonds. The van der Waals surface area contributed by atoms with Gasteiger partial charge in [0.05, 0.1) is 16.9 Å². The number of oxazole rings is 1. The lowest BCUT2D eigenvalue weighted by atomic mass is 9.84. The quantitative estimate of drug-likeness (QED) is 0.642. The van der Waals surface area contributed by atoms with Crippen LogP contribution in [0.15, 0.2) is 29.1 Å². The van der Waals surface area contributed by atoms with Crippen LogP contribution in [0.4, 0.5) is 5.69 Å². The molecule has 2 aliphatic rings. The van der Waals surface area contributed by atoms with Crippen LogP contribution in [0.1, 0.15) is 49.7 Å². The van der Waals surface area contributed by atoms with Crippen LogP contribution in [0.2, 0.25) is 10.2 Å². The molecule has 168 valence electrons. The summed E-state index contributed by atoms with van der Waals surface area (Å²) in [6.45, 7) is 6.31. The zero-order valence-electron chi connectivity index (χ0n) is 17.8. The van der Waals surface area contributed by atoms with Crippen LogP contribution < -0.4 is 10.2 Å². The van der Waals surface area contributed by atoms with Gasteiger partial charge in [0.15, 0.2) is 0 Å². The number of rotatable bonds is 6. The monoisotopic (exact) mass is 465 g/mol. The Kier molecular flexibility index (Phi) is 7.35. The van der Waals surface area contributed by atoms with Crippen LogP contribution in [0.3, 0.4) is 0 Å². The summed E-state index contributed by atoms with van der Waals surface area (Å²) in [6.07, 6.45) is 10.1. The van der Waals surface area contributed by atoms with Crippen molar-refractivity contribution in [2.24, 2.45) is 5.92 Å². The number of pyridine rings is 1. The van der Waals surface area contributed by atoms with Crippen molar-refractivity contribution in [3.05, 3.63) is 40.8 Å². The molecule has 1 atom stereocenters. The first-order valence-corrected chi connectivity index (χ1v) is 11.8. The van der Waals surface area contributed by atoms with Crippen LogP contribution in [-0.4, -0.2) is 59.0 Å². The fraction of sp³-hybridized carbons (Fsp3) is 0.591. The van der Waals surface area contributed by atoms with E-state index in [1.54, 1.807) is 6.20 Å². The summed E-state index contributed by atoms with van der Waals surface area (Å²) in [5.74, 6) is 0.651. The van der Waals surface area contributed by atoms with E-state index in [1.807, 2.05) is 6.07 Å². The maximum Gasteiger partial charge on any atom is 0.307 e. The molecule has 7 nitrogen and oxygen atoms in total. The first-order valence-electron chi connectivity index (χ1n) is 11.0. The van der Waals surface area contributed by atoms with Crippen LogP contribution >= 0.6 is 23.2 Å². The molecule has 3 heterocycles. The number of hydrogen-bond donors (Lipinski definition) is 1. The third-order valence-corrected chi connectivity index (χ3v) is 6.98. The fourth-order valence-corrected chi connectivity index (χ4v) is 5.13. The second-order valence-corrected chi connectivity index (χ2v) is 9.41. The number of aromatic nitrogens is 2. The number of anilines is 1. The molecule has 0 unspecified atom stereocenters. The summed E-state index contributed by atoms with van der Waals surface area (Å²) in [4.78, 5) is 24.9. The van der Waals surface area contributed by atoms with Crippen molar-refractivity contribution >= 4 is 34.8 Å². The number of nitrogens with one attached hydrogen (secondary N) is 1. The zero-order valence-corrected chi connectivity index (χ0v) is 19.3. The van der Waals surface area contributed by atoms with Crippen LogP contribution in [0.25, 0.3) is 0 Å². The molecule has 31 heavy (non-hydrogen) atoms. The molecule has 4 rings (SSSR count). The van der Waals surface area contributed by atoms with Crippen molar-refractivity contribution in [1.29, 1.82) is 0 Å². The molecule has 2 aromatic rings. The van der Waals surface area contributed by atoms with Crippen LogP contribution in [0.5, 0.6) is 0 Å². The molecule has 1 saturated heterocycles. The highest BCUT2D eigenvalue weighted by atomic mass is 35.5. The summed E-state index contributed by atoms with van der Waals surface area (Å²) >= 11 is 12.4. The molecular weight excluding hydrogens is 437 g/mol. The van der Waals surface area contributed by atoms with Crippen molar-refractivity contribution in [2.45, 2.75) is 51.1 Å². The normalized spacial score (nSPS) is 24.9. The van der Waals surface area contributed by atoms with E-state index in [2.05, 4.69) is 32.0 Å². The van der Waals surface area contributed by atoms with Crippen LogP contribution in [0, 0.1) is 5.92 Å². The van der Waals surface area contributed by atoms with Gasteiger partial charge in [-0.1, -0.05) is 23.2 Å². The van der Waals surface area contributed by atoms with Gasteiger partial charge in [-0.15, -0.1) is 0 Å². The summed E-state index contributed by atoms with van der Waals surface area (Å²) in [6, 6.07) is 2.44. The average Bonchev–Trinajstić information content (AvgIpc) is 3.30. The maximum absolute atomic E-state index is 12.1. The van der Waals surface area contributed by atoms with E-state index in [0.717, 1.165) is 63.5 Å². The SMILES string of the molecule is C[C@@H]1CN(CCC2CCC(NC(=O)c3ncco3)CC2)CCN1c1cc(Cl)ncc1Cl. The number of carbonyl (C=O) groups excluding carboxylic acids is 1. The lowest BCUT2D eigenvalue weighted by Gasteiger charge is -2.42. The second kappa shape index (κ2) is 10.2. The Morgan fingerprint density at radius 2 is 2.03 bits per heavy atom. The van der Waals surface area contributed by atoms with E-state index in [9.17, 15) is 4.79 Å². The van der Waals surface area contributed by atoms with Crippen molar-refractivity contribution in [3.8, 4) is 0 Å². The number of hydrogen-bond acceptors (Lipinski definition) is 6. The predicted octanol–water partition coefficient (Wildman–Crippen LogP) is 4.27. The van der Waals surface area contributed by atoms with Gasteiger partial charge in [-0.2, -0.15) is 0 Å². The largest absolute Gasteiger partial charge is 0.441 e. The van der Waals surface area contributed by atoms with E-state index in [0.29, 0.717) is 16.2 Å². The van der Waals surface area contributed by atoms with E-state index < -0.39 is 0 Å². The highest BCUT2D eigenvalue weighted by Gasteiger charge is 2.28. The first kappa shape index (κ1) is 22.4. The number of piperazine rings is 1. The Bertz CT molecular complexity index is 871. The third kappa shape index (κ3) is 5.70. The maximum atomic E-state index is 12.1. The minimum Gasteiger partial charge on any atom is -0.441 e. The minimum absolute atomic E-state index is 0.144. The molecule has 9 heteroatoms. The second-order valence-electron chi connectivity index (χ2n) is 8.62. The van der Waals surface area contributed by atoms with Gasteiger partial charge < -0.3 is 14.6 Å². The zero-order chi connectivity index (χ0) is 21.8. The molecule has 0 radical (unpaired) electrons. The minimum atomic E-state index is -0.212. The predicted molar refractivity (Wildman–Crippen MR) is 122 cm³/mol. The Morgan fingerprint density at radius 3 is 2.74 bits per heavy atom. The van der Waals surface area contributed by atoms with Gasteiger partial charge in [0, 0.05) is 44.0 Å². The molecule has 0 aromatic carbocycles. The van der Waals surface area contributed by atoms with E-state index in [-0.39, 0.29) is 17.8 Å². The van der Waals surface area contributed by atoms with Gasteiger partial charge in [-0.3, -0.25) is 9.69 Å². The fourth-order valence-electron chi connectivity index (χ4n) is 4.76. The summed E-state index contributed by atoms with van der Waals surface area (Å²) < 4.78 is 5.07.